The molecule has 0 aliphatic rings. The molecule has 0 bridgehead atoms. The molecule has 0 aromatic heterocycles. The summed E-state index contributed by atoms with van der Waals surface area (Å²) in [5, 5.41) is 0. The van der Waals surface area contributed by atoms with Gasteiger partial charge in [0.05, 0.1) is 13.2 Å². The Morgan fingerprint density at radius 2 is 0.938 bits per heavy atom. The van der Waals surface area contributed by atoms with Crippen molar-refractivity contribution in [1.29, 1.82) is 0 Å². The van der Waals surface area contributed by atoms with Gasteiger partial charge in [0.2, 0.25) is 0 Å². The molecule has 6 heteroatoms. The third-order valence-electron chi connectivity index (χ3n) is 2.02. The quantitative estimate of drug-likeness (QED) is 0.562. The molecule has 0 radical (unpaired) electrons. The van der Waals surface area contributed by atoms with Crippen LogP contribution in [0.15, 0.2) is 17.9 Å². The van der Waals surface area contributed by atoms with Crippen LogP contribution in [0, 0.1) is 0 Å². The van der Waals surface area contributed by atoms with Crippen molar-refractivity contribution >= 4 is 63.7 Å². The van der Waals surface area contributed by atoms with E-state index in [4.69, 9.17) is 9.47 Å². The number of benzene rings is 1. The van der Waals surface area contributed by atoms with Crippen LogP contribution in [0.5, 0.6) is 0 Å². The zero-order chi connectivity index (χ0) is 12.3. The molecule has 16 heavy (non-hydrogen) atoms. The fourth-order valence-corrected chi connectivity index (χ4v) is 4.00. The first-order chi connectivity index (χ1) is 7.54. The molecule has 0 N–H and O–H groups in total. The summed E-state index contributed by atoms with van der Waals surface area (Å²) in [6.45, 7) is 1.07. The lowest BCUT2D eigenvalue weighted by Crippen LogP contribution is -1.99. The van der Waals surface area contributed by atoms with Crippen LogP contribution in [0.4, 0.5) is 0 Å². The molecule has 1 aromatic carbocycles. The second kappa shape index (κ2) is 6.85. The Balaban J connectivity index is 3.37. The molecule has 0 heterocycles. The molecular weight excluding hydrogens is 472 g/mol. The van der Waals surface area contributed by atoms with Gasteiger partial charge in [0.1, 0.15) is 0 Å². The van der Waals surface area contributed by atoms with Gasteiger partial charge >= 0.3 is 0 Å². The Bertz CT molecular complexity index is 327. The van der Waals surface area contributed by atoms with E-state index >= 15 is 0 Å². The molecule has 0 saturated carbocycles. The Labute approximate surface area is 129 Å². The Morgan fingerprint density at radius 1 is 0.688 bits per heavy atom. The highest BCUT2D eigenvalue weighted by Crippen LogP contribution is 2.42. The number of rotatable bonds is 4. The van der Waals surface area contributed by atoms with Crippen LogP contribution in [0.3, 0.4) is 0 Å². The van der Waals surface area contributed by atoms with Crippen LogP contribution >= 0.6 is 63.7 Å². The van der Waals surface area contributed by atoms with E-state index in [1.807, 2.05) is 0 Å². The third kappa shape index (κ3) is 3.09. The average Bonchev–Trinajstić information content (AvgIpc) is 2.28. The minimum Gasteiger partial charge on any atom is -0.380 e. The Kier molecular flexibility index (Phi) is 6.47. The van der Waals surface area contributed by atoms with Crippen molar-refractivity contribution in [2.24, 2.45) is 0 Å². The second-order valence-electron chi connectivity index (χ2n) is 3.08. The van der Waals surface area contributed by atoms with Crippen molar-refractivity contribution in [3.8, 4) is 0 Å². The molecule has 1 rings (SSSR count). The molecular formula is C10H10Br4O2. The Hall–Kier alpha value is 1.06. The van der Waals surface area contributed by atoms with Gasteiger partial charge in [-0.3, -0.25) is 0 Å². The molecule has 0 saturated heterocycles. The monoisotopic (exact) mass is 478 g/mol. The van der Waals surface area contributed by atoms with E-state index in [0.29, 0.717) is 13.2 Å². The van der Waals surface area contributed by atoms with Gasteiger partial charge in [0.25, 0.3) is 0 Å². The smallest absolute Gasteiger partial charge is 0.0735 e. The normalized spacial score (nSPS) is 10.9. The van der Waals surface area contributed by atoms with Crippen molar-refractivity contribution < 1.29 is 9.47 Å². The second-order valence-corrected chi connectivity index (χ2v) is 6.25. The number of halogens is 4. The van der Waals surface area contributed by atoms with E-state index in [1.165, 1.54) is 0 Å². The minimum atomic E-state index is 0.533. The fraction of sp³-hybridized carbons (Fsp3) is 0.400. The van der Waals surface area contributed by atoms with E-state index in [1.54, 1.807) is 14.2 Å². The van der Waals surface area contributed by atoms with Crippen LogP contribution < -0.4 is 0 Å². The first-order valence-corrected chi connectivity index (χ1v) is 7.53. The van der Waals surface area contributed by atoms with Crippen LogP contribution in [-0.4, -0.2) is 14.2 Å². The lowest BCUT2D eigenvalue weighted by Gasteiger charge is -2.15. The van der Waals surface area contributed by atoms with Gasteiger partial charge in [-0.1, -0.05) is 0 Å². The Morgan fingerprint density at radius 3 is 1.12 bits per heavy atom. The standard InChI is InChI=1S/C10H10Br4O2/c1-15-3-5-7(11)9(13)6(4-16-2)10(14)8(5)12/h3-4H2,1-2H3. The molecule has 0 aliphatic carbocycles. The topological polar surface area (TPSA) is 18.5 Å². The molecule has 2 nitrogen and oxygen atoms in total. The van der Waals surface area contributed by atoms with Crippen LogP contribution in [0.1, 0.15) is 11.1 Å². The molecule has 0 atom stereocenters. The van der Waals surface area contributed by atoms with Crippen molar-refractivity contribution in [2.45, 2.75) is 13.2 Å². The molecule has 0 spiro atoms. The zero-order valence-electron chi connectivity index (χ0n) is 8.74. The van der Waals surface area contributed by atoms with Gasteiger partial charge in [-0.2, -0.15) is 0 Å². The molecule has 0 aliphatic heterocycles. The average molecular weight is 482 g/mol. The summed E-state index contributed by atoms with van der Waals surface area (Å²) in [7, 11) is 3.34. The van der Waals surface area contributed by atoms with E-state index in [0.717, 1.165) is 29.0 Å². The lowest BCUT2D eigenvalue weighted by molar-refractivity contribution is 0.180. The summed E-state index contributed by atoms with van der Waals surface area (Å²) in [5.41, 5.74) is 2.11. The maximum Gasteiger partial charge on any atom is 0.0735 e. The van der Waals surface area contributed by atoms with E-state index in [-0.39, 0.29) is 0 Å². The summed E-state index contributed by atoms with van der Waals surface area (Å²) in [4.78, 5) is 0. The highest BCUT2D eigenvalue weighted by Gasteiger charge is 2.18. The predicted octanol–water partition coefficient (Wildman–Crippen LogP) is 5.03. The van der Waals surface area contributed by atoms with Gasteiger partial charge in [-0.15, -0.1) is 0 Å². The highest BCUT2D eigenvalue weighted by atomic mass is 79.9. The van der Waals surface area contributed by atoms with Gasteiger partial charge in [-0.25, -0.2) is 0 Å². The molecule has 0 amide bonds. The number of hydrogen-bond donors (Lipinski definition) is 0. The van der Waals surface area contributed by atoms with E-state index < -0.39 is 0 Å². The van der Waals surface area contributed by atoms with Crippen molar-refractivity contribution in [3.05, 3.63) is 29.0 Å². The van der Waals surface area contributed by atoms with E-state index in [9.17, 15) is 0 Å². The van der Waals surface area contributed by atoms with Crippen molar-refractivity contribution in [2.75, 3.05) is 14.2 Å². The molecule has 0 fully saturated rings. The van der Waals surface area contributed by atoms with E-state index in [2.05, 4.69) is 63.7 Å². The number of ether oxygens (including phenoxy) is 2. The number of methoxy groups -OCH3 is 2. The van der Waals surface area contributed by atoms with Gasteiger partial charge in [0.15, 0.2) is 0 Å². The highest BCUT2D eigenvalue weighted by molar-refractivity contribution is 9.14. The first-order valence-electron chi connectivity index (χ1n) is 4.36. The third-order valence-corrected chi connectivity index (χ3v) is 6.59. The molecule has 0 unspecified atom stereocenters. The van der Waals surface area contributed by atoms with Crippen molar-refractivity contribution in [1.82, 2.24) is 0 Å². The zero-order valence-corrected chi connectivity index (χ0v) is 15.1. The fourth-order valence-electron chi connectivity index (χ4n) is 1.26. The minimum absolute atomic E-state index is 0.533. The summed E-state index contributed by atoms with van der Waals surface area (Å²) in [5.74, 6) is 0. The van der Waals surface area contributed by atoms with Gasteiger partial charge < -0.3 is 9.47 Å². The largest absolute Gasteiger partial charge is 0.380 e. The van der Waals surface area contributed by atoms with Crippen LogP contribution in [-0.2, 0) is 22.7 Å². The van der Waals surface area contributed by atoms with Gasteiger partial charge in [0, 0.05) is 43.2 Å². The summed E-state index contributed by atoms with van der Waals surface area (Å²) in [6.07, 6.45) is 0. The van der Waals surface area contributed by atoms with Gasteiger partial charge in [-0.05, 0) is 63.7 Å². The summed E-state index contributed by atoms with van der Waals surface area (Å²) < 4.78 is 14.3. The summed E-state index contributed by atoms with van der Waals surface area (Å²) >= 11 is 14.2. The molecule has 90 valence electrons. The van der Waals surface area contributed by atoms with Crippen LogP contribution in [0.25, 0.3) is 0 Å². The SMILES string of the molecule is COCc1c(Br)c(Br)c(COC)c(Br)c1Br. The summed E-state index contributed by atoms with van der Waals surface area (Å²) in [6, 6.07) is 0. The predicted molar refractivity (Wildman–Crippen MR) is 78.7 cm³/mol. The number of hydrogen-bond acceptors (Lipinski definition) is 2. The van der Waals surface area contributed by atoms with Crippen molar-refractivity contribution in [3.63, 3.8) is 0 Å². The maximum atomic E-state index is 5.17. The first kappa shape index (κ1) is 15.1. The lowest BCUT2D eigenvalue weighted by atomic mass is 10.1. The molecule has 1 aromatic rings. The van der Waals surface area contributed by atoms with Crippen LogP contribution in [0.2, 0.25) is 0 Å². The maximum absolute atomic E-state index is 5.17.